The summed E-state index contributed by atoms with van der Waals surface area (Å²) in [4.78, 5) is 11.2. The van der Waals surface area contributed by atoms with Crippen LogP contribution in [-0.4, -0.2) is 27.9 Å². The van der Waals surface area contributed by atoms with Gasteiger partial charge in [0.1, 0.15) is 5.75 Å². The Bertz CT molecular complexity index is 781. The molecule has 0 radical (unpaired) electrons. The highest BCUT2D eigenvalue weighted by molar-refractivity contribution is 7.85. The van der Waals surface area contributed by atoms with Crippen LogP contribution < -0.4 is 4.18 Å². The van der Waals surface area contributed by atoms with Gasteiger partial charge in [0.2, 0.25) is 0 Å². The maximum atomic E-state index is 12.9. The molecule has 0 unspecified atom stereocenters. The Morgan fingerprint density at radius 3 is 1.91 bits per heavy atom. The van der Waals surface area contributed by atoms with Crippen LogP contribution in [0.25, 0.3) is 0 Å². The Morgan fingerprint density at radius 1 is 1.05 bits per heavy atom. The molecule has 0 heterocycles. The molecule has 0 spiro atoms. The van der Waals surface area contributed by atoms with E-state index in [-0.39, 0.29) is 22.3 Å². The van der Waals surface area contributed by atoms with Crippen molar-refractivity contribution in [1.82, 2.24) is 0 Å². The van der Waals surface area contributed by atoms with Crippen molar-refractivity contribution in [3.8, 4) is 5.75 Å². The molecule has 0 saturated heterocycles. The average Bonchev–Trinajstić information content (AvgIpc) is 2.27. The Hall–Kier alpha value is -1.75. The molecule has 0 fully saturated rings. The van der Waals surface area contributed by atoms with Gasteiger partial charge >= 0.3 is 26.7 Å². The zero-order valence-electron chi connectivity index (χ0n) is 11.7. The maximum Gasteiger partial charge on any atom is 0.488 e. The molecule has 7 nitrogen and oxygen atoms in total. The average molecular weight is 358 g/mol. The molecular weight excluding hydrogens is 346 g/mol. The lowest BCUT2D eigenvalue weighted by atomic mass is 9.93. The lowest BCUT2D eigenvalue weighted by Crippen LogP contribution is -2.14. The van der Waals surface area contributed by atoms with E-state index in [0.29, 0.717) is 0 Å². The van der Waals surface area contributed by atoms with Crippen molar-refractivity contribution in [1.29, 1.82) is 0 Å². The number of aromatic carboxylic acids is 1. The van der Waals surface area contributed by atoms with Crippen LogP contribution in [0.4, 0.5) is 7.77 Å². The van der Waals surface area contributed by atoms with E-state index in [4.69, 9.17) is 5.11 Å². The summed E-state index contributed by atoms with van der Waals surface area (Å²) in [5.74, 6) is -3.38. The largest absolute Gasteiger partial charge is 0.488 e. The maximum absolute atomic E-state index is 12.9. The van der Waals surface area contributed by atoms with Gasteiger partial charge in [-0.25, -0.2) is 4.79 Å². The SMILES string of the molecule is Cc1c(CS(=O)(=O)F)c(C)c(C(=O)O)c(C)c1OS(=O)(=O)F. The van der Waals surface area contributed by atoms with E-state index < -0.39 is 43.8 Å². The molecule has 11 heteroatoms. The van der Waals surface area contributed by atoms with Gasteiger partial charge in [0.05, 0.1) is 5.56 Å². The Balaban J connectivity index is 3.82. The van der Waals surface area contributed by atoms with Crippen LogP contribution in [0.3, 0.4) is 0 Å². The van der Waals surface area contributed by atoms with E-state index in [0.717, 1.165) is 6.92 Å². The highest BCUT2D eigenvalue weighted by atomic mass is 32.3. The quantitative estimate of drug-likeness (QED) is 0.797. The minimum atomic E-state index is -5.47. The molecule has 22 heavy (non-hydrogen) atoms. The summed E-state index contributed by atoms with van der Waals surface area (Å²) in [6.07, 6.45) is 0. The van der Waals surface area contributed by atoms with E-state index in [1.54, 1.807) is 0 Å². The normalized spacial score (nSPS) is 12.2. The second kappa shape index (κ2) is 5.80. The van der Waals surface area contributed by atoms with Crippen LogP contribution in [0.1, 0.15) is 32.6 Å². The molecule has 1 aromatic carbocycles. The predicted molar refractivity (Wildman–Crippen MR) is 72.0 cm³/mol. The fourth-order valence-corrected chi connectivity index (χ4v) is 3.41. The molecule has 0 bridgehead atoms. The molecule has 124 valence electrons. The first-order chi connectivity index (χ1) is 9.74. The van der Waals surface area contributed by atoms with Crippen molar-refractivity contribution in [2.24, 2.45) is 0 Å². The third-order valence-electron chi connectivity index (χ3n) is 3.05. The van der Waals surface area contributed by atoms with Gasteiger partial charge in [-0.05, 0) is 37.5 Å². The summed E-state index contributed by atoms with van der Waals surface area (Å²) < 4.78 is 72.7. The minimum absolute atomic E-state index is 0.0765. The lowest BCUT2D eigenvalue weighted by molar-refractivity contribution is 0.0694. The fourth-order valence-electron chi connectivity index (χ4n) is 2.18. The fraction of sp³-hybridized carbons (Fsp3) is 0.364. The second-order valence-electron chi connectivity index (χ2n) is 4.52. The monoisotopic (exact) mass is 358 g/mol. The molecule has 0 amide bonds. The third kappa shape index (κ3) is 4.13. The number of hydrogen-bond donors (Lipinski definition) is 1. The molecule has 0 saturated carbocycles. The molecule has 0 aromatic heterocycles. The molecule has 1 rings (SSSR count). The van der Waals surface area contributed by atoms with Crippen molar-refractivity contribution >= 4 is 26.7 Å². The van der Waals surface area contributed by atoms with Crippen molar-refractivity contribution in [2.45, 2.75) is 26.5 Å². The van der Waals surface area contributed by atoms with Crippen LogP contribution in [0.2, 0.25) is 0 Å². The second-order valence-corrected chi connectivity index (χ2v) is 6.84. The number of carboxylic acid groups (broad SMARTS) is 1. The number of rotatable bonds is 5. The summed E-state index contributed by atoms with van der Waals surface area (Å²) in [7, 11) is -10.5. The van der Waals surface area contributed by atoms with Crippen molar-refractivity contribution in [2.75, 3.05) is 0 Å². The zero-order valence-corrected chi connectivity index (χ0v) is 13.3. The van der Waals surface area contributed by atoms with Gasteiger partial charge in [0.25, 0.3) is 0 Å². The van der Waals surface area contributed by atoms with Crippen LogP contribution in [-0.2, 0) is 26.5 Å². The predicted octanol–water partition coefficient (Wildman–Crippen LogP) is 1.70. The van der Waals surface area contributed by atoms with E-state index in [1.165, 1.54) is 13.8 Å². The number of hydrogen-bond acceptors (Lipinski definition) is 6. The third-order valence-corrected chi connectivity index (χ3v) is 4.05. The van der Waals surface area contributed by atoms with E-state index >= 15 is 0 Å². The topological polar surface area (TPSA) is 115 Å². The highest BCUT2D eigenvalue weighted by Gasteiger charge is 2.27. The molecule has 0 atom stereocenters. The molecular formula is C11H12F2O7S2. The van der Waals surface area contributed by atoms with E-state index in [2.05, 4.69) is 4.18 Å². The lowest BCUT2D eigenvalue weighted by Gasteiger charge is -2.18. The minimum Gasteiger partial charge on any atom is -0.478 e. The molecule has 0 aliphatic rings. The van der Waals surface area contributed by atoms with Gasteiger partial charge in [0, 0.05) is 5.56 Å². The van der Waals surface area contributed by atoms with Crippen LogP contribution >= 0.6 is 0 Å². The first kappa shape index (κ1) is 18.3. The summed E-state index contributed by atoms with van der Waals surface area (Å²) in [5, 5.41) is 9.14. The first-order valence-electron chi connectivity index (χ1n) is 5.67. The van der Waals surface area contributed by atoms with Gasteiger partial charge in [-0.2, -0.15) is 16.8 Å². The Morgan fingerprint density at radius 2 is 1.55 bits per heavy atom. The van der Waals surface area contributed by atoms with Gasteiger partial charge < -0.3 is 9.29 Å². The van der Waals surface area contributed by atoms with Crippen molar-refractivity contribution in [3.63, 3.8) is 0 Å². The smallest absolute Gasteiger partial charge is 0.478 e. The van der Waals surface area contributed by atoms with Crippen molar-refractivity contribution < 1.29 is 38.7 Å². The molecule has 1 aromatic rings. The molecule has 0 aliphatic heterocycles. The Labute approximate surface area is 126 Å². The standard InChI is InChI=1S/C11H12F2O7S2/c1-5-8(4-21(12,16)17)6(2)10(20-22(13,18)19)7(3)9(5)11(14)15/h4H2,1-3H3,(H,14,15). The van der Waals surface area contributed by atoms with E-state index in [1.807, 2.05) is 0 Å². The first-order valence-corrected chi connectivity index (χ1v) is 8.53. The summed E-state index contributed by atoms with van der Waals surface area (Å²) in [6, 6.07) is 0. The number of carbonyl (C=O) groups is 1. The van der Waals surface area contributed by atoms with Crippen LogP contribution in [0.5, 0.6) is 5.75 Å². The summed E-state index contributed by atoms with van der Waals surface area (Å²) in [5.41, 5.74) is -1.26. The van der Waals surface area contributed by atoms with Crippen LogP contribution in [0.15, 0.2) is 0 Å². The van der Waals surface area contributed by atoms with Gasteiger partial charge in [-0.1, -0.05) is 3.89 Å². The Kier molecular flexibility index (Phi) is 4.82. The van der Waals surface area contributed by atoms with E-state index in [9.17, 15) is 29.4 Å². The summed E-state index contributed by atoms with van der Waals surface area (Å²) >= 11 is 0. The zero-order chi connectivity index (χ0) is 17.5. The van der Waals surface area contributed by atoms with Crippen molar-refractivity contribution in [3.05, 3.63) is 27.8 Å². The highest BCUT2D eigenvalue weighted by Crippen LogP contribution is 2.35. The molecule has 1 N–H and O–H groups in total. The number of benzene rings is 1. The van der Waals surface area contributed by atoms with Gasteiger partial charge in [-0.3, -0.25) is 0 Å². The summed E-state index contributed by atoms with van der Waals surface area (Å²) in [6.45, 7) is 3.57. The van der Waals surface area contributed by atoms with Gasteiger partial charge in [0.15, 0.2) is 5.75 Å². The number of carboxylic acids is 1. The molecule has 0 aliphatic carbocycles. The van der Waals surface area contributed by atoms with Gasteiger partial charge in [-0.15, -0.1) is 3.89 Å². The van der Waals surface area contributed by atoms with Crippen LogP contribution in [0, 0.1) is 20.8 Å². The number of halogens is 2.